The Kier molecular flexibility index (Phi) is 8.31. The molecule has 33 heavy (non-hydrogen) atoms. The van der Waals surface area contributed by atoms with Gasteiger partial charge in [-0.25, -0.2) is 4.39 Å². The Balaban J connectivity index is 1.61. The van der Waals surface area contributed by atoms with E-state index in [0.29, 0.717) is 36.1 Å². The van der Waals surface area contributed by atoms with Gasteiger partial charge in [0.05, 0.1) is 14.2 Å². The molecule has 0 aromatic heterocycles. The van der Waals surface area contributed by atoms with E-state index in [1.165, 1.54) is 26.4 Å². The third-order valence-electron chi connectivity index (χ3n) is 6.20. The Morgan fingerprint density at radius 1 is 1.03 bits per heavy atom. The lowest BCUT2D eigenvalue weighted by Gasteiger charge is -2.35. The summed E-state index contributed by atoms with van der Waals surface area (Å²) in [5, 5.41) is 2.91. The topological polar surface area (TPSA) is 67.9 Å². The maximum Gasteiger partial charge on any atom is 0.252 e. The summed E-state index contributed by atoms with van der Waals surface area (Å²) in [6.07, 6.45) is 2.65. The van der Waals surface area contributed by atoms with Crippen molar-refractivity contribution in [1.29, 1.82) is 0 Å². The molecule has 2 aromatic carbocycles. The third-order valence-corrected chi connectivity index (χ3v) is 6.20. The summed E-state index contributed by atoms with van der Waals surface area (Å²) < 4.78 is 23.6. The van der Waals surface area contributed by atoms with Gasteiger partial charge in [-0.1, -0.05) is 26.0 Å². The first-order valence-corrected chi connectivity index (χ1v) is 11.4. The quantitative estimate of drug-likeness (QED) is 0.650. The average Bonchev–Trinajstić information content (AvgIpc) is 2.83. The van der Waals surface area contributed by atoms with Crippen LogP contribution in [0.3, 0.4) is 0 Å². The second-order valence-corrected chi connectivity index (χ2v) is 8.90. The van der Waals surface area contributed by atoms with E-state index in [1.54, 1.807) is 18.2 Å². The molecule has 3 rings (SSSR count). The highest BCUT2D eigenvalue weighted by molar-refractivity contribution is 5.98. The Morgan fingerprint density at radius 3 is 2.12 bits per heavy atom. The second kappa shape index (κ2) is 11.2. The number of piperidine rings is 1. The molecule has 7 heteroatoms. The molecule has 1 atom stereocenters. The molecule has 1 saturated heterocycles. The van der Waals surface area contributed by atoms with Gasteiger partial charge in [0.25, 0.3) is 5.91 Å². The summed E-state index contributed by atoms with van der Waals surface area (Å²) in [6.45, 7) is 5.15. The Morgan fingerprint density at radius 2 is 1.61 bits per heavy atom. The average molecular weight is 457 g/mol. The number of halogens is 1. The summed E-state index contributed by atoms with van der Waals surface area (Å²) in [6, 6.07) is 10.9. The minimum absolute atomic E-state index is 0.0616. The van der Waals surface area contributed by atoms with E-state index in [-0.39, 0.29) is 23.5 Å². The molecule has 2 aromatic rings. The minimum Gasteiger partial charge on any atom is -0.497 e. The lowest BCUT2D eigenvalue weighted by Crippen LogP contribution is -2.53. The van der Waals surface area contributed by atoms with Gasteiger partial charge in [0.1, 0.15) is 23.4 Å². The second-order valence-electron chi connectivity index (χ2n) is 8.90. The van der Waals surface area contributed by atoms with Crippen LogP contribution in [0.25, 0.3) is 0 Å². The van der Waals surface area contributed by atoms with Crippen molar-refractivity contribution < 1.29 is 23.5 Å². The largest absolute Gasteiger partial charge is 0.497 e. The lowest BCUT2D eigenvalue weighted by molar-refractivity contribution is -0.135. The highest BCUT2D eigenvalue weighted by Gasteiger charge is 2.31. The van der Waals surface area contributed by atoms with E-state index in [9.17, 15) is 14.0 Å². The third kappa shape index (κ3) is 6.46. The maximum atomic E-state index is 13.3. The van der Waals surface area contributed by atoms with Crippen LogP contribution >= 0.6 is 0 Å². The number of rotatable bonds is 8. The zero-order chi connectivity index (χ0) is 24.0. The van der Waals surface area contributed by atoms with Crippen LogP contribution in [0.4, 0.5) is 4.39 Å². The Bertz CT molecular complexity index is 931. The van der Waals surface area contributed by atoms with Gasteiger partial charge < -0.3 is 19.7 Å². The standard InChI is InChI=1S/C26H33FN2O4/c1-17(2)24(28-25(30)20-14-22(32-3)16-23(15-20)33-4)26(31)29-11-9-19(10-12-29)13-18-5-7-21(27)8-6-18/h5-8,14-17,19,24H,9-13H2,1-4H3,(H,28,30). The first-order chi connectivity index (χ1) is 15.8. The summed E-state index contributed by atoms with van der Waals surface area (Å²) in [7, 11) is 3.05. The molecule has 2 amide bonds. The van der Waals surface area contributed by atoms with E-state index in [0.717, 1.165) is 24.8 Å². The number of benzene rings is 2. The number of hydrogen-bond acceptors (Lipinski definition) is 4. The number of likely N-dealkylation sites (tertiary alicyclic amines) is 1. The minimum atomic E-state index is -0.622. The molecular formula is C26H33FN2O4. The van der Waals surface area contributed by atoms with Crippen LogP contribution in [-0.4, -0.2) is 50.1 Å². The predicted octanol–water partition coefficient (Wildman–Crippen LogP) is 4.08. The smallest absolute Gasteiger partial charge is 0.252 e. The Hall–Kier alpha value is -3.09. The summed E-state index contributed by atoms with van der Waals surface area (Å²) >= 11 is 0. The molecule has 6 nitrogen and oxygen atoms in total. The van der Waals surface area contributed by atoms with E-state index >= 15 is 0 Å². The molecule has 178 valence electrons. The van der Waals surface area contributed by atoms with Gasteiger partial charge in [-0.3, -0.25) is 9.59 Å². The highest BCUT2D eigenvalue weighted by Crippen LogP contribution is 2.25. The lowest BCUT2D eigenvalue weighted by atomic mass is 9.89. The molecule has 1 fully saturated rings. The molecule has 0 bridgehead atoms. The number of methoxy groups -OCH3 is 2. The fourth-order valence-electron chi connectivity index (χ4n) is 4.18. The van der Waals surface area contributed by atoms with E-state index in [2.05, 4.69) is 5.32 Å². The zero-order valence-electron chi connectivity index (χ0n) is 19.8. The summed E-state index contributed by atoms with van der Waals surface area (Å²) in [5.41, 5.74) is 1.49. The van der Waals surface area contributed by atoms with E-state index < -0.39 is 6.04 Å². The number of hydrogen-bond donors (Lipinski definition) is 1. The fraction of sp³-hybridized carbons (Fsp3) is 0.462. The summed E-state index contributed by atoms with van der Waals surface area (Å²) in [5.74, 6) is 0.777. The van der Waals surface area contributed by atoms with Gasteiger partial charge >= 0.3 is 0 Å². The van der Waals surface area contributed by atoms with Gasteiger partial charge in [0.15, 0.2) is 0 Å². The molecule has 1 aliphatic heterocycles. The number of carbonyl (C=O) groups excluding carboxylic acids is 2. The van der Waals surface area contributed by atoms with Crippen LogP contribution < -0.4 is 14.8 Å². The van der Waals surface area contributed by atoms with Crippen molar-refractivity contribution in [2.75, 3.05) is 27.3 Å². The van der Waals surface area contributed by atoms with Gasteiger partial charge in [0, 0.05) is 24.7 Å². The summed E-state index contributed by atoms with van der Waals surface area (Å²) in [4.78, 5) is 28.1. The first kappa shape index (κ1) is 24.6. The van der Waals surface area contributed by atoms with Crippen molar-refractivity contribution in [3.8, 4) is 11.5 Å². The van der Waals surface area contributed by atoms with Gasteiger partial charge in [-0.15, -0.1) is 0 Å². The maximum absolute atomic E-state index is 13.3. The monoisotopic (exact) mass is 456 g/mol. The number of nitrogens with one attached hydrogen (secondary N) is 1. The number of ether oxygens (including phenoxy) is 2. The van der Waals surface area contributed by atoms with Crippen LogP contribution in [0, 0.1) is 17.7 Å². The van der Waals surface area contributed by atoms with Crippen molar-refractivity contribution in [2.45, 2.75) is 39.2 Å². The number of carbonyl (C=O) groups is 2. The predicted molar refractivity (Wildman–Crippen MR) is 125 cm³/mol. The van der Waals surface area contributed by atoms with Crippen LogP contribution in [0.15, 0.2) is 42.5 Å². The van der Waals surface area contributed by atoms with Gasteiger partial charge in [-0.05, 0) is 60.9 Å². The van der Waals surface area contributed by atoms with Crippen molar-refractivity contribution in [1.82, 2.24) is 10.2 Å². The normalized spacial score (nSPS) is 15.3. The van der Waals surface area contributed by atoms with Crippen LogP contribution in [0.1, 0.15) is 42.6 Å². The highest BCUT2D eigenvalue weighted by atomic mass is 19.1. The van der Waals surface area contributed by atoms with Gasteiger partial charge in [-0.2, -0.15) is 0 Å². The zero-order valence-corrected chi connectivity index (χ0v) is 19.8. The molecule has 1 heterocycles. The number of amides is 2. The molecule has 0 radical (unpaired) electrons. The molecular weight excluding hydrogens is 423 g/mol. The fourth-order valence-corrected chi connectivity index (χ4v) is 4.18. The van der Waals surface area contributed by atoms with E-state index in [4.69, 9.17) is 9.47 Å². The number of nitrogens with zero attached hydrogens (tertiary/aromatic N) is 1. The van der Waals surface area contributed by atoms with Crippen LogP contribution in [-0.2, 0) is 11.2 Å². The Labute approximate surface area is 195 Å². The van der Waals surface area contributed by atoms with Crippen LogP contribution in [0.2, 0.25) is 0 Å². The van der Waals surface area contributed by atoms with Crippen molar-refractivity contribution in [3.05, 3.63) is 59.4 Å². The van der Waals surface area contributed by atoms with Crippen LogP contribution in [0.5, 0.6) is 11.5 Å². The first-order valence-electron chi connectivity index (χ1n) is 11.4. The molecule has 1 unspecified atom stereocenters. The molecule has 0 saturated carbocycles. The molecule has 1 aliphatic rings. The van der Waals surface area contributed by atoms with Gasteiger partial charge in [0.2, 0.25) is 5.91 Å². The molecule has 0 aliphatic carbocycles. The SMILES string of the molecule is COc1cc(OC)cc(C(=O)NC(C(=O)N2CCC(Cc3ccc(F)cc3)CC2)C(C)C)c1. The van der Waals surface area contributed by atoms with Crippen molar-refractivity contribution in [2.24, 2.45) is 11.8 Å². The molecule has 1 N–H and O–H groups in total. The van der Waals surface area contributed by atoms with E-state index in [1.807, 2.05) is 30.9 Å². The van der Waals surface area contributed by atoms with Crippen molar-refractivity contribution >= 4 is 11.8 Å². The van der Waals surface area contributed by atoms with Crippen molar-refractivity contribution in [3.63, 3.8) is 0 Å². The molecule has 0 spiro atoms.